The molecule has 0 aliphatic heterocycles. The molecular weight excluding hydrogens is 258 g/mol. The van der Waals surface area contributed by atoms with Gasteiger partial charge < -0.3 is 19.5 Å². The molecule has 20 heavy (non-hydrogen) atoms. The molecule has 1 N–H and O–H groups in total. The van der Waals surface area contributed by atoms with Gasteiger partial charge in [0.05, 0.1) is 26.0 Å². The summed E-state index contributed by atoms with van der Waals surface area (Å²) in [7, 11) is 3.39. The van der Waals surface area contributed by atoms with Crippen molar-refractivity contribution in [3.8, 4) is 0 Å². The lowest BCUT2D eigenvalue weighted by molar-refractivity contribution is 0.0676. The minimum atomic E-state index is 0.651. The third-order valence-corrected chi connectivity index (χ3v) is 3.09. The summed E-state index contributed by atoms with van der Waals surface area (Å²) in [4.78, 5) is 0. The minimum absolute atomic E-state index is 0.651. The number of ether oxygens (including phenoxy) is 3. The Morgan fingerprint density at radius 1 is 1.15 bits per heavy atom. The maximum Gasteiger partial charge on any atom is 0.0700 e. The molecule has 6 heteroatoms. The van der Waals surface area contributed by atoms with Gasteiger partial charge in [-0.2, -0.15) is 5.10 Å². The molecule has 0 aromatic carbocycles. The van der Waals surface area contributed by atoms with Crippen LogP contribution in [-0.2, 0) is 27.3 Å². The Bertz CT molecular complexity index is 355. The van der Waals surface area contributed by atoms with Crippen molar-refractivity contribution in [2.75, 3.05) is 47.2 Å². The van der Waals surface area contributed by atoms with Gasteiger partial charge in [-0.05, 0) is 13.3 Å². The maximum absolute atomic E-state index is 5.44. The summed E-state index contributed by atoms with van der Waals surface area (Å²) in [5.41, 5.74) is 2.45. The summed E-state index contributed by atoms with van der Waals surface area (Å²) in [6.45, 7) is 7.45. The number of hydrogen-bond acceptors (Lipinski definition) is 5. The van der Waals surface area contributed by atoms with Gasteiger partial charge >= 0.3 is 0 Å². The average Bonchev–Trinajstić information content (AvgIpc) is 2.80. The fraction of sp³-hybridized carbons (Fsp3) is 0.786. The van der Waals surface area contributed by atoms with Crippen LogP contribution in [0.4, 0.5) is 0 Å². The zero-order valence-electron chi connectivity index (χ0n) is 12.9. The molecule has 0 saturated carbocycles. The average molecular weight is 285 g/mol. The highest BCUT2D eigenvalue weighted by atomic mass is 16.5. The molecule has 0 saturated heterocycles. The van der Waals surface area contributed by atoms with E-state index in [9.17, 15) is 0 Å². The molecule has 1 rings (SSSR count). The summed E-state index contributed by atoms with van der Waals surface area (Å²) in [6.07, 6.45) is 2.89. The second kappa shape index (κ2) is 10.8. The molecule has 0 radical (unpaired) electrons. The van der Waals surface area contributed by atoms with E-state index in [2.05, 4.69) is 17.3 Å². The van der Waals surface area contributed by atoms with Crippen molar-refractivity contribution < 1.29 is 14.2 Å². The first kappa shape index (κ1) is 17.1. The van der Waals surface area contributed by atoms with Gasteiger partial charge in [-0.15, -0.1) is 0 Å². The van der Waals surface area contributed by atoms with Crippen LogP contribution in [0.15, 0.2) is 6.20 Å². The Morgan fingerprint density at radius 3 is 2.70 bits per heavy atom. The van der Waals surface area contributed by atoms with E-state index in [-0.39, 0.29) is 0 Å². The Hall–Kier alpha value is -0.950. The van der Waals surface area contributed by atoms with E-state index in [0.29, 0.717) is 13.2 Å². The first-order valence-electron chi connectivity index (χ1n) is 7.07. The number of methoxy groups -OCH3 is 2. The number of hydrogen-bond donors (Lipinski definition) is 1. The lowest BCUT2D eigenvalue weighted by atomic mass is 10.2. The van der Waals surface area contributed by atoms with Gasteiger partial charge in [-0.1, -0.05) is 0 Å². The van der Waals surface area contributed by atoms with E-state index in [1.165, 1.54) is 11.3 Å². The third kappa shape index (κ3) is 6.47. The zero-order chi connectivity index (χ0) is 14.6. The summed E-state index contributed by atoms with van der Waals surface area (Å²) < 4.78 is 17.4. The topological polar surface area (TPSA) is 57.5 Å². The number of nitrogens with one attached hydrogen (secondary N) is 1. The largest absolute Gasteiger partial charge is 0.383 e. The van der Waals surface area contributed by atoms with Crippen molar-refractivity contribution in [2.45, 2.75) is 26.4 Å². The molecule has 6 nitrogen and oxygen atoms in total. The van der Waals surface area contributed by atoms with Crippen molar-refractivity contribution >= 4 is 0 Å². The fourth-order valence-corrected chi connectivity index (χ4v) is 1.84. The molecule has 0 unspecified atom stereocenters. The number of aromatic nitrogens is 2. The Balaban J connectivity index is 2.21. The van der Waals surface area contributed by atoms with Crippen molar-refractivity contribution in [2.24, 2.45) is 0 Å². The van der Waals surface area contributed by atoms with Gasteiger partial charge in [0.1, 0.15) is 0 Å². The predicted molar refractivity (Wildman–Crippen MR) is 77.9 cm³/mol. The second-order valence-electron chi connectivity index (χ2n) is 4.61. The highest BCUT2D eigenvalue weighted by Gasteiger charge is 2.05. The van der Waals surface area contributed by atoms with Gasteiger partial charge in [0, 0.05) is 51.7 Å². The van der Waals surface area contributed by atoms with Crippen molar-refractivity contribution in [1.29, 1.82) is 0 Å². The van der Waals surface area contributed by atoms with Crippen LogP contribution < -0.4 is 5.32 Å². The second-order valence-corrected chi connectivity index (χ2v) is 4.61. The van der Waals surface area contributed by atoms with E-state index >= 15 is 0 Å². The van der Waals surface area contributed by atoms with Crippen molar-refractivity contribution in [3.63, 3.8) is 0 Å². The molecule has 0 spiro atoms. The number of nitrogens with zero attached hydrogens (tertiary/aromatic N) is 2. The highest BCUT2D eigenvalue weighted by Crippen LogP contribution is 2.07. The molecule has 1 heterocycles. The number of rotatable bonds is 12. The monoisotopic (exact) mass is 285 g/mol. The normalized spacial score (nSPS) is 11.2. The standard InChI is InChI=1S/C14H27N3O3/c1-13-14(11-15-5-8-18-2)12-16-17(13)6-4-7-20-10-9-19-3/h12,15H,4-11H2,1-3H3. The first-order chi connectivity index (χ1) is 9.79. The molecule has 0 aliphatic rings. The Morgan fingerprint density at radius 2 is 1.95 bits per heavy atom. The van der Waals surface area contributed by atoms with Gasteiger partial charge in [-0.3, -0.25) is 4.68 Å². The lowest BCUT2D eigenvalue weighted by Crippen LogP contribution is -2.19. The lowest BCUT2D eigenvalue weighted by Gasteiger charge is -2.07. The van der Waals surface area contributed by atoms with Crippen LogP contribution >= 0.6 is 0 Å². The van der Waals surface area contributed by atoms with E-state index < -0.39 is 0 Å². The van der Waals surface area contributed by atoms with Crippen molar-refractivity contribution in [1.82, 2.24) is 15.1 Å². The summed E-state index contributed by atoms with van der Waals surface area (Å²) in [5, 5.41) is 7.74. The molecule has 0 atom stereocenters. The van der Waals surface area contributed by atoms with Crippen LogP contribution in [0.1, 0.15) is 17.7 Å². The SMILES string of the molecule is COCCNCc1cnn(CCCOCCOC)c1C. The van der Waals surface area contributed by atoms with Crippen LogP contribution in [-0.4, -0.2) is 57.0 Å². The van der Waals surface area contributed by atoms with E-state index in [1.54, 1.807) is 14.2 Å². The van der Waals surface area contributed by atoms with Crippen LogP contribution in [0, 0.1) is 6.92 Å². The van der Waals surface area contributed by atoms with Gasteiger partial charge in [0.2, 0.25) is 0 Å². The van der Waals surface area contributed by atoms with Crippen molar-refractivity contribution in [3.05, 3.63) is 17.5 Å². The predicted octanol–water partition coefficient (Wildman–Crippen LogP) is 0.981. The fourth-order valence-electron chi connectivity index (χ4n) is 1.84. The number of aryl methyl sites for hydroxylation is 1. The maximum atomic E-state index is 5.44. The first-order valence-corrected chi connectivity index (χ1v) is 7.07. The smallest absolute Gasteiger partial charge is 0.0700 e. The van der Waals surface area contributed by atoms with Gasteiger partial charge in [0.25, 0.3) is 0 Å². The quantitative estimate of drug-likeness (QED) is 0.580. The molecule has 0 amide bonds. The van der Waals surface area contributed by atoms with E-state index in [0.717, 1.165) is 39.3 Å². The molecule has 0 fully saturated rings. The zero-order valence-corrected chi connectivity index (χ0v) is 12.9. The highest BCUT2D eigenvalue weighted by molar-refractivity contribution is 5.15. The van der Waals surface area contributed by atoms with E-state index in [1.807, 2.05) is 10.9 Å². The molecule has 116 valence electrons. The van der Waals surface area contributed by atoms with Crippen LogP contribution in [0.2, 0.25) is 0 Å². The minimum Gasteiger partial charge on any atom is -0.383 e. The Kier molecular flexibility index (Phi) is 9.23. The molecular formula is C14H27N3O3. The van der Waals surface area contributed by atoms with Crippen LogP contribution in [0.3, 0.4) is 0 Å². The third-order valence-electron chi connectivity index (χ3n) is 3.09. The van der Waals surface area contributed by atoms with Crippen LogP contribution in [0.25, 0.3) is 0 Å². The summed E-state index contributed by atoms with van der Waals surface area (Å²) in [5.74, 6) is 0. The van der Waals surface area contributed by atoms with Crippen LogP contribution in [0.5, 0.6) is 0 Å². The molecule has 0 bridgehead atoms. The van der Waals surface area contributed by atoms with Gasteiger partial charge in [0.15, 0.2) is 0 Å². The summed E-state index contributed by atoms with van der Waals surface area (Å²) >= 11 is 0. The molecule has 0 aliphatic carbocycles. The van der Waals surface area contributed by atoms with E-state index in [4.69, 9.17) is 14.2 Å². The Labute approximate surface area is 121 Å². The summed E-state index contributed by atoms with van der Waals surface area (Å²) in [6, 6.07) is 0. The molecule has 1 aromatic heterocycles. The van der Waals surface area contributed by atoms with Gasteiger partial charge in [-0.25, -0.2) is 0 Å². The molecule has 1 aromatic rings.